The van der Waals surface area contributed by atoms with Gasteiger partial charge in [-0.25, -0.2) is 9.59 Å². The minimum atomic E-state index is -0.372. The normalized spacial score (nSPS) is 10.5. The van der Waals surface area contributed by atoms with Crippen LogP contribution < -0.4 is 9.47 Å². The third-order valence-electron chi connectivity index (χ3n) is 5.56. The summed E-state index contributed by atoms with van der Waals surface area (Å²) in [7, 11) is 0. The van der Waals surface area contributed by atoms with Gasteiger partial charge in [0.05, 0.1) is 18.8 Å². The van der Waals surface area contributed by atoms with Crippen molar-refractivity contribution in [2.45, 2.75) is 39.5 Å². The molecule has 0 bridgehead atoms. The minimum absolute atomic E-state index is 0.370. The topological polar surface area (TPSA) is 61.8 Å². The molecule has 0 saturated carbocycles. The van der Waals surface area contributed by atoms with E-state index in [-0.39, 0.29) is 11.9 Å². The van der Waals surface area contributed by atoms with Gasteiger partial charge in [0, 0.05) is 6.08 Å². The van der Waals surface area contributed by atoms with Gasteiger partial charge in [-0.1, -0.05) is 48.5 Å². The molecule has 0 aromatic heterocycles. The number of esters is 2. The zero-order chi connectivity index (χ0) is 25.0. The third kappa shape index (κ3) is 8.14. The van der Waals surface area contributed by atoms with Crippen molar-refractivity contribution < 1.29 is 23.8 Å². The molecule has 0 amide bonds. The Morgan fingerprint density at radius 1 is 0.800 bits per heavy atom. The van der Waals surface area contributed by atoms with Crippen LogP contribution in [0.2, 0.25) is 0 Å². The van der Waals surface area contributed by atoms with Crippen molar-refractivity contribution >= 4 is 11.9 Å². The number of benzene rings is 3. The van der Waals surface area contributed by atoms with E-state index >= 15 is 0 Å². The molecule has 5 heteroatoms. The summed E-state index contributed by atoms with van der Waals surface area (Å²) < 4.78 is 16.3. The van der Waals surface area contributed by atoms with Crippen molar-refractivity contribution in [3.8, 4) is 22.6 Å². The molecule has 0 aliphatic carbocycles. The summed E-state index contributed by atoms with van der Waals surface area (Å²) in [6, 6.07) is 21.1. The highest BCUT2D eigenvalue weighted by Crippen LogP contribution is 2.24. The van der Waals surface area contributed by atoms with Gasteiger partial charge in [-0.3, -0.25) is 0 Å². The number of aryl methyl sites for hydroxylation is 2. The lowest BCUT2D eigenvalue weighted by molar-refractivity contribution is -0.137. The number of unbranched alkanes of at least 4 members (excludes halogenated alkanes) is 3. The van der Waals surface area contributed by atoms with E-state index in [4.69, 9.17) is 14.2 Å². The van der Waals surface area contributed by atoms with Crippen LogP contribution in [0, 0.1) is 13.8 Å². The van der Waals surface area contributed by atoms with Crippen molar-refractivity contribution in [2.24, 2.45) is 0 Å². The number of hydrogen-bond donors (Lipinski definition) is 0. The Morgan fingerprint density at radius 2 is 1.43 bits per heavy atom. The van der Waals surface area contributed by atoms with E-state index in [1.807, 2.05) is 68.4 Å². The van der Waals surface area contributed by atoms with Gasteiger partial charge in [-0.05, 0) is 86.6 Å². The Labute approximate surface area is 207 Å². The van der Waals surface area contributed by atoms with E-state index in [0.717, 1.165) is 53.7 Å². The molecule has 3 aromatic carbocycles. The van der Waals surface area contributed by atoms with E-state index < -0.39 is 0 Å². The van der Waals surface area contributed by atoms with Crippen molar-refractivity contribution in [1.29, 1.82) is 0 Å². The van der Waals surface area contributed by atoms with Crippen LogP contribution in [0.5, 0.6) is 11.5 Å². The monoisotopic (exact) mass is 472 g/mol. The van der Waals surface area contributed by atoms with Crippen LogP contribution >= 0.6 is 0 Å². The fraction of sp³-hybridized carbons (Fsp3) is 0.267. The maximum absolute atomic E-state index is 12.5. The molecule has 5 nitrogen and oxygen atoms in total. The molecular formula is C30H32O5. The smallest absolute Gasteiger partial charge is 0.343 e. The predicted molar refractivity (Wildman–Crippen MR) is 138 cm³/mol. The number of carbonyl (C=O) groups is 2. The summed E-state index contributed by atoms with van der Waals surface area (Å²) in [6.45, 7) is 8.38. The number of rotatable bonds is 12. The summed E-state index contributed by atoms with van der Waals surface area (Å²) in [5, 5.41) is 0. The van der Waals surface area contributed by atoms with Gasteiger partial charge in [0.25, 0.3) is 0 Å². The van der Waals surface area contributed by atoms with Crippen LogP contribution in [0.3, 0.4) is 0 Å². The molecule has 0 saturated heterocycles. The molecule has 0 radical (unpaired) electrons. The standard InChI is InChI=1S/C30H32O5/c1-4-29(31)34-20-8-6-5-7-19-33-27-16-14-25(15-17-27)24-10-12-26(13-11-24)30(32)35-28-18-9-22(2)21-23(28)3/h4,9-18,21H,1,5-8,19-20H2,2-3H3. The first-order chi connectivity index (χ1) is 17.0. The van der Waals surface area contributed by atoms with Gasteiger partial charge in [0.15, 0.2) is 0 Å². The Balaban J connectivity index is 1.43. The number of carbonyl (C=O) groups excluding carboxylic acids is 2. The zero-order valence-electron chi connectivity index (χ0n) is 20.4. The van der Waals surface area contributed by atoms with Crippen molar-refractivity contribution in [3.63, 3.8) is 0 Å². The lowest BCUT2D eigenvalue weighted by Gasteiger charge is -2.09. The average molecular weight is 473 g/mol. The largest absolute Gasteiger partial charge is 0.494 e. The second-order valence-electron chi connectivity index (χ2n) is 8.39. The van der Waals surface area contributed by atoms with Crippen molar-refractivity contribution in [3.05, 3.63) is 96.1 Å². The lowest BCUT2D eigenvalue weighted by atomic mass is 10.0. The molecular weight excluding hydrogens is 440 g/mol. The SMILES string of the molecule is C=CC(=O)OCCCCCCOc1ccc(-c2ccc(C(=O)Oc3ccc(C)cc3C)cc2)cc1. The van der Waals surface area contributed by atoms with E-state index in [2.05, 4.69) is 6.58 Å². The molecule has 0 heterocycles. The van der Waals surface area contributed by atoms with E-state index in [1.54, 1.807) is 12.1 Å². The highest BCUT2D eigenvalue weighted by atomic mass is 16.5. The van der Waals surface area contributed by atoms with Gasteiger partial charge in [-0.2, -0.15) is 0 Å². The van der Waals surface area contributed by atoms with Gasteiger partial charge in [-0.15, -0.1) is 0 Å². The van der Waals surface area contributed by atoms with E-state index in [9.17, 15) is 9.59 Å². The number of hydrogen-bond acceptors (Lipinski definition) is 5. The molecule has 0 fully saturated rings. The molecule has 35 heavy (non-hydrogen) atoms. The second kappa shape index (κ2) is 13.1. The first-order valence-electron chi connectivity index (χ1n) is 11.9. The fourth-order valence-electron chi connectivity index (χ4n) is 3.59. The zero-order valence-corrected chi connectivity index (χ0v) is 20.4. The highest BCUT2D eigenvalue weighted by molar-refractivity contribution is 5.91. The molecule has 182 valence electrons. The third-order valence-corrected chi connectivity index (χ3v) is 5.56. The fourth-order valence-corrected chi connectivity index (χ4v) is 3.59. The van der Waals surface area contributed by atoms with Crippen LogP contribution in [0.4, 0.5) is 0 Å². The second-order valence-corrected chi connectivity index (χ2v) is 8.39. The van der Waals surface area contributed by atoms with Crippen molar-refractivity contribution in [2.75, 3.05) is 13.2 Å². The molecule has 0 unspecified atom stereocenters. The van der Waals surface area contributed by atoms with E-state index in [0.29, 0.717) is 24.5 Å². The molecule has 0 N–H and O–H groups in total. The molecule has 3 aromatic rings. The Hall–Kier alpha value is -3.86. The maximum Gasteiger partial charge on any atom is 0.343 e. The molecule has 0 spiro atoms. The predicted octanol–water partition coefficient (Wildman–Crippen LogP) is 6.86. The van der Waals surface area contributed by atoms with Gasteiger partial charge in [0.1, 0.15) is 11.5 Å². The van der Waals surface area contributed by atoms with Gasteiger partial charge < -0.3 is 14.2 Å². The lowest BCUT2D eigenvalue weighted by Crippen LogP contribution is -2.09. The van der Waals surface area contributed by atoms with E-state index in [1.165, 1.54) is 6.08 Å². The van der Waals surface area contributed by atoms with Gasteiger partial charge in [0.2, 0.25) is 0 Å². The van der Waals surface area contributed by atoms with Crippen LogP contribution in [0.1, 0.15) is 47.2 Å². The summed E-state index contributed by atoms with van der Waals surface area (Å²) in [5.74, 6) is 0.657. The average Bonchev–Trinajstić information content (AvgIpc) is 2.87. The molecule has 0 aliphatic heterocycles. The van der Waals surface area contributed by atoms with Gasteiger partial charge >= 0.3 is 11.9 Å². The van der Waals surface area contributed by atoms with Crippen LogP contribution in [0.25, 0.3) is 11.1 Å². The Kier molecular flexibility index (Phi) is 9.67. The molecule has 3 rings (SSSR count). The maximum atomic E-state index is 12.5. The van der Waals surface area contributed by atoms with Crippen molar-refractivity contribution in [1.82, 2.24) is 0 Å². The Morgan fingerprint density at radius 3 is 2.06 bits per heavy atom. The summed E-state index contributed by atoms with van der Waals surface area (Å²) in [5.41, 5.74) is 4.62. The summed E-state index contributed by atoms with van der Waals surface area (Å²) >= 11 is 0. The van der Waals surface area contributed by atoms with Crippen LogP contribution in [-0.2, 0) is 9.53 Å². The number of ether oxygens (including phenoxy) is 3. The van der Waals surface area contributed by atoms with Crippen LogP contribution in [0.15, 0.2) is 79.4 Å². The minimum Gasteiger partial charge on any atom is -0.494 e. The molecule has 0 aliphatic rings. The highest BCUT2D eigenvalue weighted by Gasteiger charge is 2.11. The first-order valence-corrected chi connectivity index (χ1v) is 11.9. The van der Waals surface area contributed by atoms with Crippen LogP contribution in [-0.4, -0.2) is 25.2 Å². The summed E-state index contributed by atoms with van der Waals surface area (Å²) in [4.78, 5) is 23.5. The quantitative estimate of drug-likeness (QED) is 0.125. The molecule has 0 atom stereocenters. The Bertz CT molecular complexity index is 1130. The summed E-state index contributed by atoms with van der Waals surface area (Å²) in [6.07, 6.45) is 4.97. The first kappa shape index (κ1) is 25.8.